The molecule has 1 N–H and O–H groups in total. The monoisotopic (exact) mass is 327 g/mol. The largest absolute Gasteiger partial charge is 0.478 e. The number of benzene rings is 1. The smallest absolute Gasteiger partial charge is 0.337 e. The summed E-state index contributed by atoms with van der Waals surface area (Å²) in [4.78, 5) is 13.6. The molecule has 3 nitrogen and oxygen atoms in total. The zero-order valence-corrected chi connectivity index (χ0v) is 13.4. The second kappa shape index (κ2) is 7.53. The van der Waals surface area contributed by atoms with Gasteiger partial charge in [0.15, 0.2) is 0 Å². The molecule has 0 saturated heterocycles. The van der Waals surface area contributed by atoms with Gasteiger partial charge in [-0.05, 0) is 38.0 Å². The minimum absolute atomic E-state index is 0.339. The Morgan fingerprint density at radius 2 is 2.11 bits per heavy atom. The predicted molar refractivity (Wildman–Crippen MR) is 83.1 cm³/mol. The first-order valence-corrected chi connectivity index (χ1v) is 7.60. The maximum Gasteiger partial charge on any atom is 0.337 e. The third-order valence-electron chi connectivity index (χ3n) is 3.37. The lowest BCUT2D eigenvalue weighted by molar-refractivity contribution is 0.0697. The van der Waals surface area contributed by atoms with Gasteiger partial charge in [0, 0.05) is 17.1 Å². The molecule has 0 spiro atoms. The Hall–Kier alpha value is -1.03. The number of carboxylic acid groups (broad SMARTS) is 1. The van der Waals surface area contributed by atoms with Crippen molar-refractivity contribution in [2.45, 2.75) is 46.1 Å². The van der Waals surface area contributed by atoms with Gasteiger partial charge in [-0.3, -0.25) is 0 Å². The Morgan fingerprint density at radius 3 is 2.63 bits per heavy atom. The van der Waals surface area contributed by atoms with E-state index in [4.69, 9.17) is 0 Å². The first-order chi connectivity index (χ1) is 9.01. The van der Waals surface area contributed by atoms with Crippen LogP contribution in [0.3, 0.4) is 0 Å². The Bertz CT molecular complexity index is 434. The number of carbonyl (C=O) groups is 1. The summed E-state index contributed by atoms with van der Waals surface area (Å²) in [6.07, 6.45) is 3.17. The number of rotatable bonds is 7. The van der Waals surface area contributed by atoms with E-state index < -0.39 is 5.97 Å². The molecule has 19 heavy (non-hydrogen) atoms. The number of anilines is 1. The SMILES string of the molecule is CCCCN(c1ccc(Br)cc1C(=O)O)C(C)CC. The fraction of sp³-hybridized carbons (Fsp3) is 0.533. The van der Waals surface area contributed by atoms with Crippen LogP contribution < -0.4 is 4.90 Å². The van der Waals surface area contributed by atoms with Crippen molar-refractivity contribution in [1.29, 1.82) is 0 Å². The molecule has 0 aromatic heterocycles. The summed E-state index contributed by atoms with van der Waals surface area (Å²) < 4.78 is 0.799. The number of unbranched alkanes of at least 4 members (excludes halogenated alkanes) is 1. The Balaban J connectivity index is 3.17. The molecule has 0 aliphatic heterocycles. The fourth-order valence-corrected chi connectivity index (χ4v) is 2.42. The van der Waals surface area contributed by atoms with Crippen LogP contribution in [0.1, 0.15) is 50.4 Å². The molecular formula is C15H22BrNO2. The third kappa shape index (κ3) is 4.23. The average Bonchev–Trinajstić information content (AvgIpc) is 2.39. The van der Waals surface area contributed by atoms with Gasteiger partial charge < -0.3 is 10.0 Å². The van der Waals surface area contributed by atoms with Gasteiger partial charge >= 0.3 is 5.97 Å². The van der Waals surface area contributed by atoms with Crippen LogP contribution in [0, 0.1) is 0 Å². The number of carboxylic acids is 1. The van der Waals surface area contributed by atoms with Crippen LogP contribution in [0.15, 0.2) is 22.7 Å². The standard InChI is InChI=1S/C15H22BrNO2/c1-4-6-9-17(11(3)5-2)14-8-7-12(16)10-13(14)15(18)19/h7-8,10-11H,4-6,9H2,1-3H3,(H,18,19). The van der Waals surface area contributed by atoms with Gasteiger partial charge in [-0.1, -0.05) is 36.2 Å². The van der Waals surface area contributed by atoms with Crippen LogP contribution in [0.5, 0.6) is 0 Å². The predicted octanol–water partition coefficient (Wildman–Crippen LogP) is 4.55. The van der Waals surface area contributed by atoms with Crippen molar-refractivity contribution in [3.63, 3.8) is 0 Å². The molecular weight excluding hydrogens is 306 g/mol. The molecule has 0 fully saturated rings. The van der Waals surface area contributed by atoms with Gasteiger partial charge in [-0.25, -0.2) is 4.79 Å². The van der Waals surface area contributed by atoms with Crippen LogP contribution in [-0.2, 0) is 0 Å². The van der Waals surface area contributed by atoms with E-state index in [1.165, 1.54) is 0 Å². The van der Waals surface area contributed by atoms with E-state index >= 15 is 0 Å². The first-order valence-electron chi connectivity index (χ1n) is 6.80. The Morgan fingerprint density at radius 1 is 1.42 bits per heavy atom. The van der Waals surface area contributed by atoms with Crippen LogP contribution in [-0.4, -0.2) is 23.7 Å². The average molecular weight is 328 g/mol. The van der Waals surface area contributed by atoms with Gasteiger partial charge in [-0.2, -0.15) is 0 Å². The molecule has 0 amide bonds. The topological polar surface area (TPSA) is 40.5 Å². The van der Waals surface area contributed by atoms with Crippen molar-refractivity contribution in [1.82, 2.24) is 0 Å². The van der Waals surface area contributed by atoms with Gasteiger partial charge in [-0.15, -0.1) is 0 Å². The zero-order valence-electron chi connectivity index (χ0n) is 11.8. The van der Waals surface area contributed by atoms with Gasteiger partial charge in [0.05, 0.1) is 11.3 Å². The molecule has 0 radical (unpaired) electrons. The molecule has 1 unspecified atom stereocenters. The molecule has 1 rings (SSSR count). The number of nitrogens with zero attached hydrogens (tertiary/aromatic N) is 1. The Kier molecular flexibility index (Phi) is 6.35. The molecule has 0 saturated carbocycles. The van der Waals surface area contributed by atoms with Crippen molar-refractivity contribution >= 4 is 27.6 Å². The lowest BCUT2D eigenvalue weighted by Crippen LogP contribution is -2.34. The number of halogens is 1. The van der Waals surface area contributed by atoms with Crippen molar-refractivity contribution in [3.05, 3.63) is 28.2 Å². The molecule has 1 aromatic carbocycles. The van der Waals surface area contributed by atoms with E-state index in [9.17, 15) is 9.90 Å². The molecule has 1 aromatic rings. The summed E-state index contributed by atoms with van der Waals surface area (Å²) in [5, 5.41) is 9.37. The van der Waals surface area contributed by atoms with Gasteiger partial charge in [0.1, 0.15) is 0 Å². The van der Waals surface area contributed by atoms with Crippen molar-refractivity contribution in [2.24, 2.45) is 0 Å². The molecule has 0 bridgehead atoms. The molecule has 0 heterocycles. The molecule has 4 heteroatoms. The highest BCUT2D eigenvalue weighted by Gasteiger charge is 2.19. The van der Waals surface area contributed by atoms with Crippen LogP contribution in [0.4, 0.5) is 5.69 Å². The number of hydrogen-bond donors (Lipinski definition) is 1. The minimum atomic E-state index is -0.874. The summed E-state index contributed by atoms with van der Waals surface area (Å²) >= 11 is 3.34. The molecule has 1 atom stereocenters. The second-order valence-corrected chi connectivity index (χ2v) is 5.69. The number of aromatic carboxylic acids is 1. The van der Waals surface area contributed by atoms with Crippen LogP contribution >= 0.6 is 15.9 Å². The quantitative estimate of drug-likeness (QED) is 0.798. The van der Waals surface area contributed by atoms with E-state index in [2.05, 4.69) is 41.6 Å². The van der Waals surface area contributed by atoms with E-state index in [0.717, 1.165) is 36.0 Å². The highest BCUT2D eigenvalue weighted by molar-refractivity contribution is 9.10. The second-order valence-electron chi connectivity index (χ2n) is 4.77. The summed E-state index contributed by atoms with van der Waals surface area (Å²) in [6.45, 7) is 7.31. The van der Waals surface area contributed by atoms with Crippen molar-refractivity contribution in [2.75, 3.05) is 11.4 Å². The summed E-state index contributed by atoms with van der Waals surface area (Å²) in [7, 11) is 0. The van der Waals surface area contributed by atoms with E-state index in [0.29, 0.717) is 11.6 Å². The maximum atomic E-state index is 11.4. The van der Waals surface area contributed by atoms with Crippen LogP contribution in [0.25, 0.3) is 0 Å². The molecule has 0 aliphatic rings. The highest BCUT2D eigenvalue weighted by Crippen LogP contribution is 2.27. The lowest BCUT2D eigenvalue weighted by atomic mass is 10.1. The van der Waals surface area contributed by atoms with Crippen LogP contribution in [0.2, 0.25) is 0 Å². The highest BCUT2D eigenvalue weighted by atomic mass is 79.9. The van der Waals surface area contributed by atoms with E-state index in [-0.39, 0.29) is 0 Å². The van der Waals surface area contributed by atoms with E-state index in [1.807, 2.05) is 12.1 Å². The lowest BCUT2D eigenvalue weighted by Gasteiger charge is -2.32. The summed E-state index contributed by atoms with van der Waals surface area (Å²) in [5.74, 6) is -0.874. The van der Waals surface area contributed by atoms with Gasteiger partial charge in [0.25, 0.3) is 0 Å². The van der Waals surface area contributed by atoms with Gasteiger partial charge in [0.2, 0.25) is 0 Å². The minimum Gasteiger partial charge on any atom is -0.478 e. The number of hydrogen-bond acceptors (Lipinski definition) is 2. The zero-order chi connectivity index (χ0) is 14.4. The first kappa shape index (κ1) is 16.0. The van der Waals surface area contributed by atoms with E-state index in [1.54, 1.807) is 6.07 Å². The van der Waals surface area contributed by atoms with Crippen molar-refractivity contribution < 1.29 is 9.90 Å². The fourth-order valence-electron chi connectivity index (χ4n) is 2.06. The third-order valence-corrected chi connectivity index (χ3v) is 3.87. The maximum absolute atomic E-state index is 11.4. The molecule has 0 aliphatic carbocycles. The normalized spacial score (nSPS) is 12.2. The van der Waals surface area contributed by atoms with Crippen molar-refractivity contribution in [3.8, 4) is 0 Å². The Labute approximate surface area is 123 Å². The summed E-state index contributed by atoms with van der Waals surface area (Å²) in [5.41, 5.74) is 1.18. The summed E-state index contributed by atoms with van der Waals surface area (Å²) in [6, 6.07) is 5.82. The molecule has 106 valence electrons.